The Morgan fingerprint density at radius 1 is 1.22 bits per heavy atom. The van der Waals surface area contributed by atoms with Gasteiger partial charge in [0.1, 0.15) is 16.7 Å². The molecule has 0 aliphatic heterocycles. The van der Waals surface area contributed by atoms with E-state index in [2.05, 4.69) is 15.3 Å². The quantitative estimate of drug-likeness (QED) is 0.864. The molecular weight excluding hydrogens is 299 g/mol. The van der Waals surface area contributed by atoms with Gasteiger partial charge >= 0.3 is 0 Å². The van der Waals surface area contributed by atoms with Crippen LogP contribution in [0.4, 0.5) is 10.2 Å². The Kier molecular flexibility index (Phi) is 4.22. The third kappa shape index (κ3) is 3.22. The second kappa shape index (κ2) is 5.69. The second-order valence-electron chi connectivity index (χ2n) is 3.42. The highest BCUT2D eigenvalue weighted by molar-refractivity contribution is 6.33. The van der Waals surface area contributed by atoms with E-state index in [1.54, 1.807) is 12.1 Å². The van der Waals surface area contributed by atoms with Crippen LogP contribution in [-0.4, -0.2) is 9.97 Å². The number of nitrogens with one attached hydrogen (secondary N) is 1. The molecule has 3 nitrogen and oxygen atoms in total. The Morgan fingerprint density at radius 3 is 2.72 bits per heavy atom. The summed E-state index contributed by atoms with van der Waals surface area (Å²) in [4.78, 5) is 7.61. The Labute approximate surface area is 118 Å². The third-order valence-corrected chi connectivity index (χ3v) is 2.87. The normalized spacial score (nSPS) is 10.4. The summed E-state index contributed by atoms with van der Waals surface area (Å²) in [5.74, 6) is -0.0442. The smallest absolute Gasteiger partial charge is 0.224 e. The molecule has 1 heterocycles. The largest absolute Gasteiger partial charge is 0.364 e. The fourth-order valence-corrected chi connectivity index (χ4v) is 1.76. The van der Waals surface area contributed by atoms with Gasteiger partial charge in [-0.15, -0.1) is 0 Å². The van der Waals surface area contributed by atoms with Crippen molar-refractivity contribution in [1.29, 1.82) is 0 Å². The number of hydrogen-bond donors (Lipinski definition) is 1. The first-order valence-electron chi connectivity index (χ1n) is 4.92. The lowest BCUT2D eigenvalue weighted by atomic mass is 10.2. The van der Waals surface area contributed by atoms with Gasteiger partial charge in [-0.1, -0.05) is 29.3 Å². The van der Waals surface area contributed by atoms with E-state index >= 15 is 0 Å². The lowest BCUT2D eigenvalue weighted by molar-refractivity contribution is 0.613. The minimum atomic E-state index is -0.397. The van der Waals surface area contributed by atoms with Crippen LogP contribution in [0.2, 0.25) is 15.3 Å². The predicted octanol–water partition coefficient (Wildman–Crippen LogP) is 4.19. The van der Waals surface area contributed by atoms with Gasteiger partial charge < -0.3 is 5.32 Å². The minimum absolute atomic E-state index is 0.0680. The van der Waals surface area contributed by atoms with E-state index < -0.39 is 5.82 Å². The highest BCUT2D eigenvalue weighted by Gasteiger charge is 2.06. The fourth-order valence-electron chi connectivity index (χ4n) is 1.31. The van der Waals surface area contributed by atoms with Gasteiger partial charge in [0.25, 0.3) is 0 Å². The number of hydrogen-bond acceptors (Lipinski definition) is 3. The Balaban J connectivity index is 2.13. The van der Waals surface area contributed by atoms with Crippen LogP contribution in [0.3, 0.4) is 0 Å². The second-order valence-corrected chi connectivity index (χ2v) is 4.61. The fraction of sp³-hybridized carbons (Fsp3) is 0.0909. The molecule has 2 rings (SSSR count). The molecule has 18 heavy (non-hydrogen) atoms. The van der Waals surface area contributed by atoms with Crippen molar-refractivity contribution in [2.75, 3.05) is 5.32 Å². The van der Waals surface area contributed by atoms with Crippen molar-refractivity contribution < 1.29 is 4.39 Å². The number of aromatic nitrogens is 2. The first-order valence-corrected chi connectivity index (χ1v) is 6.05. The molecule has 0 atom stereocenters. The number of anilines is 1. The van der Waals surface area contributed by atoms with Gasteiger partial charge in [0, 0.05) is 17.1 Å². The zero-order valence-corrected chi connectivity index (χ0v) is 11.2. The monoisotopic (exact) mass is 305 g/mol. The summed E-state index contributed by atoms with van der Waals surface area (Å²) in [5.41, 5.74) is 0.449. The molecule has 0 saturated heterocycles. The molecule has 0 unspecified atom stereocenters. The standard InChI is InChI=1S/C11H7Cl3FN3/c12-7-2-1-6(9(15)3-7)4-16-10-8(13)5-17-11(14)18-10/h1-3,5H,4H2,(H,16,17,18). The van der Waals surface area contributed by atoms with Crippen LogP contribution in [-0.2, 0) is 6.54 Å². The molecule has 2 aromatic rings. The van der Waals surface area contributed by atoms with Crippen molar-refractivity contribution in [3.8, 4) is 0 Å². The first kappa shape index (κ1) is 13.3. The predicted molar refractivity (Wildman–Crippen MR) is 70.8 cm³/mol. The van der Waals surface area contributed by atoms with Gasteiger partial charge in [-0.25, -0.2) is 9.37 Å². The van der Waals surface area contributed by atoms with Crippen molar-refractivity contribution >= 4 is 40.6 Å². The highest BCUT2D eigenvalue weighted by atomic mass is 35.5. The van der Waals surface area contributed by atoms with E-state index in [0.29, 0.717) is 21.4 Å². The number of halogens is 4. The summed E-state index contributed by atoms with van der Waals surface area (Å²) in [7, 11) is 0. The van der Waals surface area contributed by atoms with Crippen LogP contribution in [0.25, 0.3) is 0 Å². The van der Waals surface area contributed by atoms with Crippen LogP contribution in [0.15, 0.2) is 24.4 Å². The van der Waals surface area contributed by atoms with Gasteiger partial charge in [-0.3, -0.25) is 0 Å². The molecule has 0 aliphatic carbocycles. The zero-order chi connectivity index (χ0) is 13.1. The lowest BCUT2D eigenvalue weighted by Gasteiger charge is -2.08. The molecule has 94 valence electrons. The SMILES string of the molecule is Fc1cc(Cl)ccc1CNc1nc(Cl)ncc1Cl. The molecule has 0 bridgehead atoms. The van der Waals surface area contributed by atoms with E-state index in [9.17, 15) is 4.39 Å². The molecule has 0 aliphatic rings. The van der Waals surface area contributed by atoms with Crippen molar-refractivity contribution in [3.63, 3.8) is 0 Å². The summed E-state index contributed by atoms with van der Waals surface area (Å²) in [6.07, 6.45) is 1.37. The van der Waals surface area contributed by atoms with Gasteiger partial charge in [0.15, 0.2) is 0 Å². The van der Waals surface area contributed by atoms with Crippen molar-refractivity contribution in [3.05, 3.63) is 51.1 Å². The van der Waals surface area contributed by atoms with Gasteiger partial charge in [0.05, 0.1) is 6.20 Å². The minimum Gasteiger partial charge on any atom is -0.364 e. The first-order chi connectivity index (χ1) is 8.56. The molecule has 0 fully saturated rings. The summed E-state index contributed by atoms with van der Waals surface area (Å²) in [5, 5.41) is 3.61. The molecule has 1 aromatic heterocycles. The molecule has 1 N–H and O–H groups in total. The molecule has 0 radical (unpaired) electrons. The van der Waals surface area contributed by atoms with Crippen LogP contribution >= 0.6 is 34.8 Å². The molecule has 7 heteroatoms. The number of rotatable bonds is 3. The van der Waals surface area contributed by atoms with Crippen molar-refractivity contribution in [1.82, 2.24) is 9.97 Å². The Bertz CT molecular complexity index is 577. The maximum atomic E-state index is 13.5. The van der Waals surface area contributed by atoms with Crippen LogP contribution in [0, 0.1) is 5.82 Å². The molecule has 0 spiro atoms. The molecule has 0 amide bonds. The lowest BCUT2D eigenvalue weighted by Crippen LogP contribution is -2.04. The highest BCUT2D eigenvalue weighted by Crippen LogP contribution is 2.21. The maximum absolute atomic E-state index is 13.5. The van der Waals surface area contributed by atoms with E-state index in [-0.39, 0.29) is 11.8 Å². The summed E-state index contributed by atoms with van der Waals surface area (Å²) in [6.45, 7) is 0.218. The molecule has 1 aromatic carbocycles. The molecular formula is C11H7Cl3FN3. The van der Waals surface area contributed by atoms with Crippen LogP contribution in [0.5, 0.6) is 0 Å². The summed E-state index contributed by atoms with van der Waals surface area (Å²) < 4.78 is 13.5. The third-order valence-electron chi connectivity index (χ3n) is 2.18. The Morgan fingerprint density at radius 2 is 2.00 bits per heavy atom. The van der Waals surface area contributed by atoms with E-state index in [4.69, 9.17) is 34.8 Å². The maximum Gasteiger partial charge on any atom is 0.224 e. The Hall–Kier alpha value is -1.10. The van der Waals surface area contributed by atoms with Gasteiger partial charge in [-0.2, -0.15) is 4.98 Å². The van der Waals surface area contributed by atoms with Crippen molar-refractivity contribution in [2.45, 2.75) is 6.54 Å². The van der Waals surface area contributed by atoms with Crippen LogP contribution in [0.1, 0.15) is 5.56 Å². The van der Waals surface area contributed by atoms with Gasteiger partial charge in [-0.05, 0) is 23.7 Å². The van der Waals surface area contributed by atoms with E-state index in [0.717, 1.165) is 0 Å². The zero-order valence-electron chi connectivity index (χ0n) is 8.92. The van der Waals surface area contributed by atoms with E-state index in [1.165, 1.54) is 12.3 Å². The molecule has 0 saturated carbocycles. The average molecular weight is 307 g/mol. The van der Waals surface area contributed by atoms with Gasteiger partial charge in [0.2, 0.25) is 5.28 Å². The van der Waals surface area contributed by atoms with Crippen molar-refractivity contribution in [2.24, 2.45) is 0 Å². The van der Waals surface area contributed by atoms with Crippen LogP contribution < -0.4 is 5.32 Å². The topological polar surface area (TPSA) is 37.8 Å². The average Bonchev–Trinajstić information content (AvgIpc) is 2.32. The number of nitrogens with zero attached hydrogens (tertiary/aromatic N) is 2. The number of benzene rings is 1. The summed E-state index contributed by atoms with van der Waals surface area (Å²) in [6, 6.07) is 4.44. The summed E-state index contributed by atoms with van der Waals surface area (Å²) >= 11 is 17.2. The van der Waals surface area contributed by atoms with E-state index in [1.807, 2.05) is 0 Å².